The number of aromatic nitrogens is 1. The molecular formula is C22H15BrFN3OS. The molecule has 4 aromatic rings. The maximum absolute atomic E-state index is 13.6. The van der Waals surface area contributed by atoms with Gasteiger partial charge < -0.3 is 0 Å². The Morgan fingerprint density at radius 1 is 1.10 bits per heavy atom. The Balaban J connectivity index is 1.68. The van der Waals surface area contributed by atoms with Crippen LogP contribution < -0.4 is 5.01 Å². The highest BCUT2D eigenvalue weighted by Gasteiger charge is 2.20. The molecule has 4 rings (SSSR count). The van der Waals surface area contributed by atoms with Gasteiger partial charge in [0.1, 0.15) is 5.82 Å². The molecule has 0 aliphatic heterocycles. The number of fused-ring (bicyclic) bond motifs is 1. The van der Waals surface area contributed by atoms with Crippen molar-refractivity contribution >= 4 is 54.7 Å². The summed E-state index contributed by atoms with van der Waals surface area (Å²) in [7, 11) is 0. The fourth-order valence-electron chi connectivity index (χ4n) is 2.72. The molecule has 0 fully saturated rings. The molecule has 29 heavy (non-hydrogen) atoms. The molecule has 0 aliphatic carbocycles. The lowest BCUT2D eigenvalue weighted by atomic mass is 10.1. The predicted octanol–water partition coefficient (Wildman–Crippen LogP) is 5.81. The van der Waals surface area contributed by atoms with Crippen molar-refractivity contribution in [1.82, 2.24) is 4.98 Å². The first-order valence-electron chi connectivity index (χ1n) is 8.81. The van der Waals surface area contributed by atoms with Crippen LogP contribution in [-0.2, 0) is 11.2 Å². The number of halogens is 2. The van der Waals surface area contributed by atoms with Crippen LogP contribution in [0.4, 0.5) is 9.52 Å². The van der Waals surface area contributed by atoms with Gasteiger partial charge in [-0.2, -0.15) is 10.1 Å². The number of anilines is 1. The fraction of sp³-hybridized carbons (Fsp3) is 0.0455. The Kier molecular flexibility index (Phi) is 5.78. The zero-order valence-electron chi connectivity index (χ0n) is 15.1. The topological polar surface area (TPSA) is 45.6 Å². The lowest BCUT2D eigenvalue weighted by Crippen LogP contribution is -2.27. The number of thiazole rings is 1. The number of hydrogen-bond donors (Lipinski definition) is 0. The highest BCUT2D eigenvalue weighted by Crippen LogP contribution is 2.30. The van der Waals surface area contributed by atoms with E-state index in [-0.39, 0.29) is 18.1 Å². The van der Waals surface area contributed by atoms with E-state index in [9.17, 15) is 9.18 Å². The molecule has 0 aliphatic rings. The van der Waals surface area contributed by atoms with E-state index in [0.717, 1.165) is 15.6 Å². The first-order valence-corrected chi connectivity index (χ1v) is 10.4. The van der Waals surface area contributed by atoms with E-state index in [1.807, 2.05) is 54.6 Å². The van der Waals surface area contributed by atoms with Crippen LogP contribution in [0.2, 0.25) is 0 Å². The Labute approximate surface area is 179 Å². The van der Waals surface area contributed by atoms with E-state index in [1.54, 1.807) is 12.3 Å². The number of hydrazone groups is 1. The molecule has 0 saturated carbocycles. The van der Waals surface area contributed by atoms with Gasteiger partial charge in [0.2, 0.25) is 5.13 Å². The van der Waals surface area contributed by atoms with Gasteiger partial charge in [-0.25, -0.2) is 9.37 Å². The molecular weight excluding hydrogens is 453 g/mol. The van der Waals surface area contributed by atoms with Gasteiger partial charge in [0.15, 0.2) is 0 Å². The van der Waals surface area contributed by atoms with E-state index >= 15 is 0 Å². The van der Waals surface area contributed by atoms with Crippen LogP contribution in [0.25, 0.3) is 10.2 Å². The minimum absolute atomic E-state index is 0.183. The van der Waals surface area contributed by atoms with E-state index < -0.39 is 0 Å². The number of hydrogen-bond acceptors (Lipinski definition) is 4. The third kappa shape index (κ3) is 4.75. The monoisotopic (exact) mass is 467 g/mol. The SMILES string of the molecule is O=C(Cc1ccccc1)N(/N=C/c1ccc(Br)cc1)c1nc2ccc(F)cc2s1. The molecule has 0 N–H and O–H groups in total. The average Bonchev–Trinajstić information content (AvgIpc) is 3.13. The quantitative estimate of drug-likeness (QED) is 0.274. The van der Waals surface area contributed by atoms with Crippen LogP contribution in [-0.4, -0.2) is 17.1 Å². The molecule has 4 nitrogen and oxygen atoms in total. The summed E-state index contributed by atoms with van der Waals surface area (Å²) >= 11 is 4.63. The van der Waals surface area contributed by atoms with Gasteiger partial charge >= 0.3 is 0 Å². The van der Waals surface area contributed by atoms with Gasteiger partial charge in [0.25, 0.3) is 5.91 Å². The third-order valence-electron chi connectivity index (χ3n) is 4.15. The number of rotatable bonds is 5. The van der Waals surface area contributed by atoms with Crippen molar-refractivity contribution in [2.24, 2.45) is 5.10 Å². The second kappa shape index (κ2) is 8.63. The molecule has 144 valence electrons. The summed E-state index contributed by atoms with van der Waals surface area (Å²) in [5, 5.41) is 6.10. The maximum Gasteiger partial charge on any atom is 0.253 e. The van der Waals surface area contributed by atoms with Crippen LogP contribution in [0.1, 0.15) is 11.1 Å². The second-order valence-electron chi connectivity index (χ2n) is 6.27. The van der Waals surface area contributed by atoms with Crippen molar-refractivity contribution in [2.45, 2.75) is 6.42 Å². The van der Waals surface area contributed by atoms with Crippen molar-refractivity contribution in [3.8, 4) is 0 Å². The zero-order chi connectivity index (χ0) is 20.2. The molecule has 1 aromatic heterocycles. The van der Waals surface area contributed by atoms with Crippen molar-refractivity contribution in [3.63, 3.8) is 0 Å². The van der Waals surface area contributed by atoms with Gasteiger partial charge in [-0.05, 0) is 41.5 Å². The summed E-state index contributed by atoms with van der Waals surface area (Å²) < 4.78 is 15.2. The number of carbonyl (C=O) groups is 1. The molecule has 1 heterocycles. The summed E-state index contributed by atoms with van der Waals surface area (Å²) in [6.45, 7) is 0. The Morgan fingerprint density at radius 2 is 1.86 bits per heavy atom. The van der Waals surface area contributed by atoms with Gasteiger partial charge in [-0.1, -0.05) is 69.7 Å². The lowest BCUT2D eigenvalue weighted by molar-refractivity contribution is -0.118. The number of nitrogens with zero attached hydrogens (tertiary/aromatic N) is 3. The summed E-state index contributed by atoms with van der Waals surface area (Å²) in [5.41, 5.74) is 2.36. The summed E-state index contributed by atoms with van der Waals surface area (Å²) in [4.78, 5) is 17.5. The summed E-state index contributed by atoms with van der Waals surface area (Å²) in [6.07, 6.45) is 1.80. The van der Waals surface area contributed by atoms with Crippen LogP contribution in [0.5, 0.6) is 0 Å². The second-order valence-corrected chi connectivity index (χ2v) is 8.20. The van der Waals surface area contributed by atoms with Crippen LogP contribution in [0.15, 0.2) is 82.4 Å². The summed E-state index contributed by atoms with van der Waals surface area (Å²) in [6, 6.07) is 21.4. The first kappa shape index (κ1) is 19.4. The number of amides is 1. The highest BCUT2D eigenvalue weighted by atomic mass is 79.9. The van der Waals surface area contributed by atoms with Crippen LogP contribution in [0, 0.1) is 5.82 Å². The minimum Gasteiger partial charge on any atom is -0.272 e. The van der Waals surface area contributed by atoms with Crippen LogP contribution in [0.3, 0.4) is 0 Å². The van der Waals surface area contributed by atoms with Crippen LogP contribution >= 0.6 is 27.3 Å². The van der Waals surface area contributed by atoms with E-state index in [1.165, 1.54) is 28.5 Å². The molecule has 0 bridgehead atoms. The van der Waals surface area contributed by atoms with Crippen molar-refractivity contribution in [1.29, 1.82) is 0 Å². The summed E-state index contributed by atoms with van der Waals surface area (Å²) in [5.74, 6) is -0.558. The van der Waals surface area contributed by atoms with Gasteiger partial charge in [0, 0.05) is 4.47 Å². The molecule has 0 radical (unpaired) electrons. The van der Waals surface area contributed by atoms with Gasteiger partial charge in [0.05, 0.1) is 22.9 Å². The molecule has 0 atom stereocenters. The fourth-order valence-corrected chi connectivity index (χ4v) is 3.95. The number of carbonyl (C=O) groups excluding carboxylic acids is 1. The lowest BCUT2D eigenvalue weighted by Gasteiger charge is -2.13. The Morgan fingerprint density at radius 3 is 2.62 bits per heavy atom. The molecule has 0 spiro atoms. The minimum atomic E-state index is -0.340. The van der Waals surface area contributed by atoms with E-state index in [4.69, 9.17) is 0 Å². The highest BCUT2D eigenvalue weighted by molar-refractivity contribution is 9.10. The normalized spacial score (nSPS) is 11.2. The Bertz CT molecular complexity index is 1180. The van der Waals surface area contributed by atoms with E-state index in [0.29, 0.717) is 15.3 Å². The molecule has 7 heteroatoms. The van der Waals surface area contributed by atoms with E-state index in [2.05, 4.69) is 26.0 Å². The van der Waals surface area contributed by atoms with Crippen molar-refractivity contribution in [2.75, 3.05) is 5.01 Å². The Hall–Kier alpha value is -2.90. The standard InChI is InChI=1S/C22H15BrFN3OS/c23-17-8-6-16(7-9-17)14-25-27(21(28)12-15-4-2-1-3-5-15)22-26-19-11-10-18(24)13-20(19)29-22/h1-11,13-14H,12H2/b25-14+. The molecule has 0 unspecified atom stereocenters. The third-order valence-corrected chi connectivity index (χ3v) is 5.67. The van der Waals surface area contributed by atoms with Crippen molar-refractivity contribution < 1.29 is 9.18 Å². The predicted molar refractivity (Wildman–Crippen MR) is 119 cm³/mol. The number of benzene rings is 3. The largest absolute Gasteiger partial charge is 0.272 e. The van der Waals surface area contributed by atoms with Crippen molar-refractivity contribution in [3.05, 3.63) is 94.2 Å². The van der Waals surface area contributed by atoms with Gasteiger partial charge in [-0.15, -0.1) is 0 Å². The smallest absolute Gasteiger partial charge is 0.253 e. The van der Waals surface area contributed by atoms with Gasteiger partial charge in [-0.3, -0.25) is 4.79 Å². The molecule has 1 amide bonds. The average molecular weight is 468 g/mol. The first-order chi connectivity index (χ1) is 14.1. The zero-order valence-corrected chi connectivity index (χ0v) is 17.5. The maximum atomic E-state index is 13.6. The molecule has 3 aromatic carbocycles. The molecule has 0 saturated heterocycles.